The van der Waals surface area contributed by atoms with Crippen molar-refractivity contribution in [3.8, 4) is 0 Å². The smallest absolute Gasteiger partial charge is 0.315 e. The molecule has 1 heterocycles. The van der Waals surface area contributed by atoms with E-state index in [-0.39, 0.29) is 24.0 Å². The summed E-state index contributed by atoms with van der Waals surface area (Å²) in [4.78, 5) is 25.8. The van der Waals surface area contributed by atoms with E-state index < -0.39 is 0 Å². The Bertz CT molecular complexity index is 686. The molecule has 5 nitrogen and oxygen atoms in total. The van der Waals surface area contributed by atoms with Gasteiger partial charge in [-0.1, -0.05) is 60.7 Å². The number of piperidine rings is 1. The minimum Gasteiger partial charge on any atom is -0.343 e. The van der Waals surface area contributed by atoms with Gasteiger partial charge in [0.1, 0.15) is 0 Å². The van der Waals surface area contributed by atoms with Gasteiger partial charge in [-0.2, -0.15) is 0 Å². The first-order chi connectivity index (χ1) is 12.6. The number of amides is 3. The average molecular weight is 351 g/mol. The van der Waals surface area contributed by atoms with Gasteiger partial charge in [0.15, 0.2) is 0 Å². The van der Waals surface area contributed by atoms with Crippen LogP contribution in [0.15, 0.2) is 60.7 Å². The predicted molar refractivity (Wildman–Crippen MR) is 102 cm³/mol. The Morgan fingerprint density at radius 1 is 0.923 bits per heavy atom. The SMILES string of the molecule is CC(=O)N1CCC(NC(=O)NC(c2ccccc2)c2ccccc2)CC1. The molecule has 1 aliphatic rings. The van der Waals surface area contributed by atoms with Gasteiger partial charge in [0.25, 0.3) is 0 Å². The molecule has 1 aliphatic heterocycles. The summed E-state index contributed by atoms with van der Waals surface area (Å²) in [5.74, 6) is 0.0983. The van der Waals surface area contributed by atoms with E-state index in [4.69, 9.17) is 0 Å². The van der Waals surface area contributed by atoms with Crippen molar-refractivity contribution in [2.75, 3.05) is 13.1 Å². The number of carbonyl (C=O) groups excluding carboxylic acids is 2. The molecule has 1 saturated heterocycles. The lowest BCUT2D eigenvalue weighted by Crippen LogP contribution is -2.49. The molecule has 2 N–H and O–H groups in total. The number of hydrogen-bond donors (Lipinski definition) is 2. The fourth-order valence-corrected chi connectivity index (χ4v) is 3.35. The van der Waals surface area contributed by atoms with Crippen LogP contribution in [-0.2, 0) is 4.79 Å². The summed E-state index contributed by atoms with van der Waals surface area (Å²) < 4.78 is 0. The van der Waals surface area contributed by atoms with Crippen LogP contribution in [0.25, 0.3) is 0 Å². The average Bonchev–Trinajstić information content (AvgIpc) is 2.68. The summed E-state index contributed by atoms with van der Waals surface area (Å²) in [6, 6.07) is 19.6. The minimum atomic E-state index is -0.199. The van der Waals surface area contributed by atoms with E-state index in [2.05, 4.69) is 10.6 Å². The number of nitrogens with one attached hydrogen (secondary N) is 2. The van der Waals surface area contributed by atoms with Gasteiger partial charge in [0, 0.05) is 26.1 Å². The van der Waals surface area contributed by atoms with Crippen LogP contribution in [0.2, 0.25) is 0 Å². The van der Waals surface area contributed by atoms with Crippen LogP contribution in [-0.4, -0.2) is 36.0 Å². The maximum Gasteiger partial charge on any atom is 0.315 e. The molecule has 3 rings (SSSR count). The number of rotatable bonds is 4. The lowest BCUT2D eigenvalue weighted by atomic mass is 9.99. The maximum atomic E-state index is 12.6. The highest BCUT2D eigenvalue weighted by molar-refractivity contribution is 5.76. The molecule has 0 atom stereocenters. The highest BCUT2D eigenvalue weighted by atomic mass is 16.2. The summed E-state index contributed by atoms with van der Waals surface area (Å²) in [6.07, 6.45) is 1.57. The van der Waals surface area contributed by atoms with Crippen molar-refractivity contribution in [3.05, 3.63) is 71.8 Å². The van der Waals surface area contributed by atoms with Crippen molar-refractivity contribution in [2.45, 2.75) is 31.8 Å². The molecule has 0 saturated carbocycles. The number of hydrogen-bond acceptors (Lipinski definition) is 2. The zero-order valence-corrected chi connectivity index (χ0v) is 15.0. The number of likely N-dealkylation sites (tertiary alicyclic amines) is 1. The van der Waals surface area contributed by atoms with Crippen LogP contribution in [0, 0.1) is 0 Å². The molecule has 0 aliphatic carbocycles. The monoisotopic (exact) mass is 351 g/mol. The second-order valence-corrected chi connectivity index (χ2v) is 6.65. The van der Waals surface area contributed by atoms with E-state index >= 15 is 0 Å². The first kappa shape index (κ1) is 18.0. The molecule has 0 spiro atoms. The van der Waals surface area contributed by atoms with Gasteiger partial charge in [-0.05, 0) is 24.0 Å². The Balaban J connectivity index is 1.64. The first-order valence-electron chi connectivity index (χ1n) is 9.06. The third kappa shape index (κ3) is 4.63. The highest BCUT2D eigenvalue weighted by Crippen LogP contribution is 2.21. The molecule has 0 radical (unpaired) electrons. The van der Waals surface area contributed by atoms with E-state index in [1.165, 1.54) is 0 Å². The molecule has 2 aromatic rings. The van der Waals surface area contributed by atoms with Crippen molar-refractivity contribution >= 4 is 11.9 Å². The van der Waals surface area contributed by atoms with Gasteiger partial charge in [-0.15, -0.1) is 0 Å². The Morgan fingerprint density at radius 3 is 1.88 bits per heavy atom. The molecule has 3 amide bonds. The second kappa shape index (κ2) is 8.52. The van der Waals surface area contributed by atoms with Crippen LogP contribution in [0.5, 0.6) is 0 Å². The standard InChI is InChI=1S/C21H25N3O2/c1-16(25)24-14-12-19(13-15-24)22-21(26)23-20(17-8-4-2-5-9-17)18-10-6-3-7-11-18/h2-11,19-20H,12-15H2,1H3,(H2,22,23,26). The van der Waals surface area contributed by atoms with Crippen LogP contribution in [0.4, 0.5) is 4.79 Å². The first-order valence-corrected chi connectivity index (χ1v) is 9.06. The fourth-order valence-electron chi connectivity index (χ4n) is 3.35. The van der Waals surface area contributed by atoms with Gasteiger partial charge >= 0.3 is 6.03 Å². The fraction of sp³-hybridized carbons (Fsp3) is 0.333. The van der Waals surface area contributed by atoms with Crippen LogP contribution >= 0.6 is 0 Å². The number of benzene rings is 2. The van der Waals surface area contributed by atoms with Crippen LogP contribution in [0.3, 0.4) is 0 Å². The van der Waals surface area contributed by atoms with E-state index in [9.17, 15) is 9.59 Å². The highest BCUT2D eigenvalue weighted by Gasteiger charge is 2.23. The second-order valence-electron chi connectivity index (χ2n) is 6.65. The third-order valence-corrected chi connectivity index (χ3v) is 4.82. The number of urea groups is 1. The molecule has 5 heteroatoms. The summed E-state index contributed by atoms with van der Waals surface area (Å²) in [5.41, 5.74) is 2.08. The molecule has 0 unspecified atom stereocenters. The zero-order chi connectivity index (χ0) is 18.4. The molecule has 26 heavy (non-hydrogen) atoms. The quantitative estimate of drug-likeness (QED) is 0.889. The summed E-state index contributed by atoms with van der Waals surface area (Å²) in [7, 11) is 0. The molecular formula is C21H25N3O2. The van der Waals surface area contributed by atoms with Crippen molar-refractivity contribution < 1.29 is 9.59 Å². The molecule has 0 bridgehead atoms. The van der Waals surface area contributed by atoms with Gasteiger partial charge in [-0.25, -0.2) is 4.79 Å². The van der Waals surface area contributed by atoms with E-state index in [0.29, 0.717) is 13.1 Å². The largest absolute Gasteiger partial charge is 0.343 e. The number of carbonyl (C=O) groups is 2. The van der Waals surface area contributed by atoms with E-state index in [1.807, 2.05) is 65.6 Å². The van der Waals surface area contributed by atoms with Crippen molar-refractivity contribution in [1.82, 2.24) is 15.5 Å². The van der Waals surface area contributed by atoms with Crippen molar-refractivity contribution in [1.29, 1.82) is 0 Å². The molecular weight excluding hydrogens is 326 g/mol. The van der Waals surface area contributed by atoms with E-state index in [1.54, 1.807) is 6.92 Å². The molecule has 1 fully saturated rings. The lowest BCUT2D eigenvalue weighted by molar-refractivity contribution is -0.129. The van der Waals surface area contributed by atoms with Gasteiger partial charge < -0.3 is 15.5 Å². The Kier molecular flexibility index (Phi) is 5.89. The van der Waals surface area contributed by atoms with Gasteiger partial charge in [-0.3, -0.25) is 4.79 Å². The molecule has 2 aromatic carbocycles. The summed E-state index contributed by atoms with van der Waals surface area (Å²) in [6.45, 7) is 2.98. The van der Waals surface area contributed by atoms with E-state index in [0.717, 1.165) is 24.0 Å². The summed E-state index contributed by atoms with van der Waals surface area (Å²) in [5, 5.41) is 6.16. The summed E-state index contributed by atoms with van der Waals surface area (Å²) >= 11 is 0. The third-order valence-electron chi connectivity index (χ3n) is 4.82. The van der Waals surface area contributed by atoms with Crippen LogP contribution < -0.4 is 10.6 Å². The predicted octanol–water partition coefficient (Wildman–Crippen LogP) is 3.09. The lowest BCUT2D eigenvalue weighted by Gasteiger charge is -2.32. The molecule has 0 aromatic heterocycles. The Hall–Kier alpha value is -2.82. The minimum absolute atomic E-state index is 0.0952. The molecule has 136 valence electrons. The zero-order valence-electron chi connectivity index (χ0n) is 15.0. The van der Waals surface area contributed by atoms with Crippen molar-refractivity contribution in [2.24, 2.45) is 0 Å². The number of nitrogens with zero attached hydrogens (tertiary/aromatic N) is 1. The van der Waals surface area contributed by atoms with Crippen LogP contribution in [0.1, 0.15) is 36.9 Å². The Labute approximate surface area is 154 Å². The van der Waals surface area contributed by atoms with Gasteiger partial charge in [0.05, 0.1) is 6.04 Å². The Morgan fingerprint density at radius 2 is 1.42 bits per heavy atom. The topological polar surface area (TPSA) is 61.4 Å². The van der Waals surface area contributed by atoms with Crippen molar-refractivity contribution in [3.63, 3.8) is 0 Å². The normalized spacial score (nSPS) is 14.9. The maximum absolute atomic E-state index is 12.6. The van der Waals surface area contributed by atoms with Gasteiger partial charge in [0.2, 0.25) is 5.91 Å².